The van der Waals surface area contributed by atoms with Crippen LogP contribution in [-0.2, 0) is 22.6 Å². The van der Waals surface area contributed by atoms with E-state index in [9.17, 15) is 4.79 Å². The van der Waals surface area contributed by atoms with Crippen molar-refractivity contribution in [3.8, 4) is 5.75 Å². The summed E-state index contributed by atoms with van der Waals surface area (Å²) in [6.45, 7) is 1.51. The summed E-state index contributed by atoms with van der Waals surface area (Å²) in [5, 5.41) is 9.86. The fourth-order valence-corrected chi connectivity index (χ4v) is 2.19. The number of carbonyl (C=O) groups excluding carboxylic acids is 1. The van der Waals surface area contributed by atoms with Crippen molar-refractivity contribution in [2.24, 2.45) is 0 Å². The summed E-state index contributed by atoms with van der Waals surface area (Å²) < 4.78 is 10.9. The van der Waals surface area contributed by atoms with Gasteiger partial charge in [0.25, 0.3) is 0 Å². The van der Waals surface area contributed by atoms with Crippen LogP contribution in [-0.4, -0.2) is 29.3 Å². The predicted molar refractivity (Wildman–Crippen MR) is 77.1 cm³/mol. The molecule has 1 aliphatic rings. The molecule has 1 aliphatic heterocycles. The van der Waals surface area contributed by atoms with E-state index in [1.165, 1.54) is 0 Å². The lowest BCUT2D eigenvalue weighted by Crippen LogP contribution is -2.17. The molecule has 0 aliphatic carbocycles. The number of para-hydroxylation sites is 1. The molecule has 6 nitrogen and oxygen atoms in total. The third kappa shape index (κ3) is 3.41. The Morgan fingerprint density at radius 1 is 1.38 bits per heavy atom. The molecule has 6 heteroatoms. The van der Waals surface area contributed by atoms with Gasteiger partial charge in [0.15, 0.2) is 5.82 Å². The summed E-state index contributed by atoms with van der Waals surface area (Å²) >= 11 is 0. The Morgan fingerprint density at radius 3 is 3.10 bits per heavy atom. The van der Waals surface area contributed by atoms with Crippen molar-refractivity contribution in [1.82, 2.24) is 10.2 Å². The predicted octanol–water partition coefficient (Wildman–Crippen LogP) is 1.89. The topological polar surface area (TPSA) is 76.2 Å². The van der Waals surface area contributed by atoms with Crippen LogP contribution in [0.25, 0.3) is 0 Å². The van der Waals surface area contributed by atoms with Gasteiger partial charge in [0, 0.05) is 17.7 Å². The van der Waals surface area contributed by atoms with Gasteiger partial charge < -0.3 is 14.8 Å². The summed E-state index contributed by atoms with van der Waals surface area (Å²) in [4.78, 5) is 11.9. The molecule has 1 aromatic carbocycles. The number of hydrogen-bond donors (Lipinski definition) is 2. The molecule has 0 saturated carbocycles. The lowest BCUT2D eigenvalue weighted by Gasteiger charge is -2.12. The second-order valence-electron chi connectivity index (χ2n) is 4.79. The third-order valence-electron chi connectivity index (χ3n) is 3.29. The van der Waals surface area contributed by atoms with Gasteiger partial charge in [-0.3, -0.25) is 9.89 Å². The van der Waals surface area contributed by atoms with Crippen molar-refractivity contribution < 1.29 is 14.3 Å². The molecule has 2 aromatic rings. The molecule has 0 unspecified atom stereocenters. The molecule has 0 fully saturated rings. The van der Waals surface area contributed by atoms with Gasteiger partial charge in [-0.15, -0.1) is 0 Å². The van der Waals surface area contributed by atoms with Crippen LogP contribution in [0, 0.1) is 0 Å². The SMILES string of the molecule is O=C(CCOc1ccccc1)Nc1n[nH]c2c1COCC2. The number of benzene rings is 1. The van der Waals surface area contributed by atoms with Gasteiger partial charge in [0.1, 0.15) is 5.75 Å². The van der Waals surface area contributed by atoms with Crippen molar-refractivity contribution in [2.75, 3.05) is 18.5 Å². The number of anilines is 1. The molecular formula is C15H17N3O3. The minimum Gasteiger partial charge on any atom is -0.493 e. The quantitative estimate of drug-likeness (QED) is 0.880. The highest BCUT2D eigenvalue weighted by Crippen LogP contribution is 2.22. The molecule has 2 heterocycles. The summed E-state index contributed by atoms with van der Waals surface area (Å²) in [5.41, 5.74) is 1.98. The number of hydrogen-bond acceptors (Lipinski definition) is 4. The normalized spacial score (nSPS) is 13.5. The van der Waals surface area contributed by atoms with E-state index in [2.05, 4.69) is 15.5 Å². The van der Waals surface area contributed by atoms with Crippen molar-refractivity contribution in [1.29, 1.82) is 0 Å². The summed E-state index contributed by atoms with van der Waals surface area (Å²) in [6.07, 6.45) is 1.08. The second kappa shape index (κ2) is 6.41. The maximum atomic E-state index is 11.9. The molecule has 1 aromatic heterocycles. The Bertz CT molecular complexity index is 610. The van der Waals surface area contributed by atoms with E-state index in [1.54, 1.807) is 0 Å². The van der Waals surface area contributed by atoms with Gasteiger partial charge in [-0.2, -0.15) is 5.10 Å². The van der Waals surface area contributed by atoms with Gasteiger partial charge in [0.05, 0.1) is 26.2 Å². The lowest BCUT2D eigenvalue weighted by molar-refractivity contribution is -0.116. The molecule has 1 amide bonds. The van der Waals surface area contributed by atoms with Crippen LogP contribution in [0.2, 0.25) is 0 Å². The van der Waals surface area contributed by atoms with Gasteiger partial charge in [0.2, 0.25) is 5.91 Å². The minimum atomic E-state index is -0.120. The highest BCUT2D eigenvalue weighted by atomic mass is 16.5. The number of ether oxygens (including phenoxy) is 2. The second-order valence-corrected chi connectivity index (χ2v) is 4.79. The number of carbonyl (C=O) groups is 1. The minimum absolute atomic E-state index is 0.120. The van der Waals surface area contributed by atoms with Gasteiger partial charge in [-0.25, -0.2) is 0 Å². The first kappa shape index (κ1) is 13.6. The van der Waals surface area contributed by atoms with Crippen LogP contribution in [0.1, 0.15) is 17.7 Å². The molecule has 0 atom stereocenters. The van der Waals surface area contributed by atoms with Crippen LogP contribution < -0.4 is 10.1 Å². The molecule has 0 saturated heterocycles. The molecule has 0 spiro atoms. The zero-order valence-corrected chi connectivity index (χ0v) is 11.6. The number of nitrogens with one attached hydrogen (secondary N) is 2. The Kier molecular flexibility index (Phi) is 4.16. The number of aromatic amines is 1. The lowest BCUT2D eigenvalue weighted by atomic mass is 10.1. The molecular weight excluding hydrogens is 270 g/mol. The zero-order chi connectivity index (χ0) is 14.5. The molecule has 2 N–H and O–H groups in total. The van der Waals surface area contributed by atoms with E-state index in [0.717, 1.165) is 23.4 Å². The van der Waals surface area contributed by atoms with Crippen LogP contribution >= 0.6 is 0 Å². The number of fused-ring (bicyclic) bond motifs is 1. The first-order valence-electron chi connectivity index (χ1n) is 6.94. The number of H-pyrrole nitrogens is 1. The monoisotopic (exact) mass is 287 g/mol. The fourth-order valence-electron chi connectivity index (χ4n) is 2.19. The summed E-state index contributed by atoms with van der Waals surface area (Å²) in [7, 11) is 0. The standard InChI is InChI=1S/C15H17N3O3/c19-14(7-9-21-11-4-2-1-3-5-11)16-15-12-10-20-8-6-13(12)17-18-15/h1-5H,6-10H2,(H2,16,17,18,19). The highest BCUT2D eigenvalue weighted by molar-refractivity contribution is 5.90. The molecule has 110 valence electrons. The van der Waals surface area contributed by atoms with Gasteiger partial charge >= 0.3 is 0 Å². The molecule has 3 rings (SSSR count). The van der Waals surface area contributed by atoms with Crippen LogP contribution in [0.3, 0.4) is 0 Å². The molecule has 0 bridgehead atoms. The van der Waals surface area contributed by atoms with E-state index >= 15 is 0 Å². The zero-order valence-electron chi connectivity index (χ0n) is 11.6. The maximum Gasteiger partial charge on any atom is 0.229 e. The maximum absolute atomic E-state index is 11.9. The van der Waals surface area contributed by atoms with E-state index in [-0.39, 0.29) is 12.3 Å². The number of amides is 1. The molecule has 21 heavy (non-hydrogen) atoms. The number of nitrogens with zero attached hydrogens (tertiary/aromatic N) is 1. The smallest absolute Gasteiger partial charge is 0.229 e. The highest BCUT2D eigenvalue weighted by Gasteiger charge is 2.18. The average molecular weight is 287 g/mol. The Labute approximate surface area is 122 Å². The van der Waals surface area contributed by atoms with E-state index in [4.69, 9.17) is 9.47 Å². The van der Waals surface area contributed by atoms with Crippen LogP contribution in [0.15, 0.2) is 30.3 Å². The number of rotatable bonds is 5. The fraction of sp³-hybridized carbons (Fsp3) is 0.333. The van der Waals surface area contributed by atoms with Crippen LogP contribution in [0.4, 0.5) is 5.82 Å². The van der Waals surface area contributed by atoms with E-state index < -0.39 is 0 Å². The largest absolute Gasteiger partial charge is 0.493 e. The Hall–Kier alpha value is -2.34. The Balaban J connectivity index is 1.49. The van der Waals surface area contributed by atoms with Gasteiger partial charge in [-0.05, 0) is 12.1 Å². The van der Waals surface area contributed by atoms with E-state index in [1.807, 2.05) is 30.3 Å². The van der Waals surface area contributed by atoms with Crippen LogP contribution in [0.5, 0.6) is 5.75 Å². The molecule has 0 radical (unpaired) electrons. The third-order valence-corrected chi connectivity index (χ3v) is 3.29. The first-order chi connectivity index (χ1) is 10.3. The first-order valence-corrected chi connectivity index (χ1v) is 6.94. The summed E-state index contributed by atoms with van der Waals surface area (Å²) in [5.74, 6) is 1.20. The van der Waals surface area contributed by atoms with E-state index in [0.29, 0.717) is 25.6 Å². The average Bonchev–Trinajstić information content (AvgIpc) is 2.92. The van der Waals surface area contributed by atoms with Crippen molar-refractivity contribution in [3.05, 3.63) is 41.6 Å². The van der Waals surface area contributed by atoms with Crippen molar-refractivity contribution in [3.63, 3.8) is 0 Å². The van der Waals surface area contributed by atoms with Crippen molar-refractivity contribution >= 4 is 11.7 Å². The van der Waals surface area contributed by atoms with Crippen molar-refractivity contribution in [2.45, 2.75) is 19.4 Å². The number of aromatic nitrogens is 2. The summed E-state index contributed by atoms with van der Waals surface area (Å²) in [6, 6.07) is 9.43. The van der Waals surface area contributed by atoms with Gasteiger partial charge in [-0.1, -0.05) is 18.2 Å². The Morgan fingerprint density at radius 2 is 2.24 bits per heavy atom.